The van der Waals surface area contributed by atoms with Crippen molar-refractivity contribution in [1.82, 2.24) is 4.98 Å². The molecule has 1 atom stereocenters. The summed E-state index contributed by atoms with van der Waals surface area (Å²) in [5.74, 6) is 0. The summed E-state index contributed by atoms with van der Waals surface area (Å²) in [7, 11) is 0. The highest BCUT2D eigenvalue weighted by atomic mass is 16.3. The highest BCUT2D eigenvalue weighted by molar-refractivity contribution is 5.27. The molecule has 0 aromatic carbocycles. The number of hydrogen-bond donors (Lipinski definition) is 1. The van der Waals surface area contributed by atoms with Gasteiger partial charge >= 0.3 is 0 Å². The molecule has 0 fully saturated rings. The van der Waals surface area contributed by atoms with Crippen LogP contribution in [0.5, 0.6) is 0 Å². The van der Waals surface area contributed by atoms with Gasteiger partial charge in [-0.1, -0.05) is 6.58 Å². The lowest BCUT2D eigenvalue weighted by Gasteiger charge is -2.23. The van der Waals surface area contributed by atoms with Gasteiger partial charge in [0.05, 0.1) is 0 Å². The zero-order chi connectivity index (χ0) is 9.19. The molecule has 1 aromatic rings. The predicted octanol–water partition coefficient (Wildman–Crippen LogP) is 1.87. The number of aliphatic hydroxyl groups is 1. The van der Waals surface area contributed by atoms with E-state index in [1.165, 1.54) is 0 Å². The van der Waals surface area contributed by atoms with Crippen molar-refractivity contribution in [3.8, 4) is 0 Å². The molecule has 2 heteroatoms. The van der Waals surface area contributed by atoms with Crippen molar-refractivity contribution in [2.24, 2.45) is 0 Å². The quantitative estimate of drug-likeness (QED) is 0.675. The average molecular weight is 163 g/mol. The van der Waals surface area contributed by atoms with Crippen LogP contribution in [0.15, 0.2) is 36.7 Å². The summed E-state index contributed by atoms with van der Waals surface area (Å²) >= 11 is 0. The second-order valence-electron chi connectivity index (χ2n) is 3.09. The zero-order valence-corrected chi connectivity index (χ0v) is 7.41. The highest BCUT2D eigenvalue weighted by Gasteiger charge is 2.23. The third-order valence-electron chi connectivity index (χ3n) is 2.07. The minimum Gasteiger partial charge on any atom is -0.381 e. The molecule has 64 valence electrons. The van der Waals surface area contributed by atoms with Crippen LogP contribution in [0.25, 0.3) is 0 Å². The molecule has 0 aliphatic carbocycles. The summed E-state index contributed by atoms with van der Waals surface area (Å²) in [6.45, 7) is 7.27. The lowest BCUT2D eigenvalue weighted by atomic mass is 9.91. The van der Waals surface area contributed by atoms with Crippen molar-refractivity contribution >= 4 is 0 Å². The minimum absolute atomic E-state index is 0.730. The van der Waals surface area contributed by atoms with Gasteiger partial charge < -0.3 is 5.11 Å². The van der Waals surface area contributed by atoms with E-state index in [9.17, 15) is 5.11 Å². The molecule has 0 saturated heterocycles. The second kappa shape index (κ2) is 3.07. The van der Waals surface area contributed by atoms with Crippen molar-refractivity contribution in [2.45, 2.75) is 19.4 Å². The lowest BCUT2D eigenvalue weighted by molar-refractivity contribution is 0.0980. The van der Waals surface area contributed by atoms with Crippen molar-refractivity contribution in [2.75, 3.05) is 0 Å². The van der Waals surface area contributed by atoms with Gasteiger partial charge in [-0.15, -0.1) is 0 Å². The standard InChI is InChI=1S/C10H13NO/c1-8(2)10(3,12)9-4-6-11-7-5-9/h4-7,12H,1H2,2-3H3. The van der Waals surface area contributed by atoms with Gasteiger partial charge in [0.1, 0.15) is 5.60 Å². The molecular weight excluding hydrogens is 150 g/mol. The normalized spacial score (nSPS) is 15.2. The molecule has 0 aliphatic rings. The first kappa shape index (κ1) is 8.94. The Morgan fingerprint density at radius 2 is 2.00 bits per heavy atom. The maximum absolute atomic E-state index is 9.94. The SMILES string of the molecule is C=C(C)C(C)(O)c1ccncc1. The van der Waals surface area contributed by atoms with Crippen LogP contribution >= 0.6 is 0 Å². The third kappa shape index (κ3) is 1.53. The number of rotatable bonds is 2. The molecule has 1 aromatic heterocycles. The van der Waals surface area contributed by atoms with E-state index in [0.29, 0.717) is 0 Å². The lowest BCUT2D eigenvalue weighted by Crippen LogP contribution is -2.21. The molecule has 1 heterocycles. The summed E-state index contributed by atoms with van der Waals surface area (Å²) in [5.41, 5.74) is 0.613. The Hall–Kier alpha value is -1.15. The van der Waals surface area contributed by atoms with Crippen LogP contribution in [-0.4, -0.2) is 10.1 Å². The highest BCUT2D eigenvalue weighted by Crippen LogP contribution is 2.26. The van der Waals surface area contributed by atoms with Crippen LogP contribution in [0.2, 0.25) is 0 Å². The van der Waals surface area contributed by atoms with Crippen LogP contribution in [0.4, 0.5) is 0 Å². The van der Waals surface area contributed by atoms with E-state index in [-0.39, 0.29) is 0 Å². The fourth-order valence-electron chi connectivity index (χ4n) is 0.923. The Morgan fingerprint density at radius 1 is 1.50 bits per heavy atom. The van der Waals surface area contributed by atoms with Gasteiger partial charge in [-0.25, -0.2) is 0 Å². The van der Waals surface area contributed by atoms with Gasteiger partial charge in [-0.05, 0) is 37.1 Å². The first-order valence-electron chi connectivity index (χ1n) is 3.84. The van der Waals surface area contributed by atoms with Crippen molar-refractivity contribution in [1.29, 1.82) is 0 Å². The molecule has 2 nitrogen and oxygen atoms in total. The molecule has 0 amide bonds. The predicted molar refractivity (Wildman–Crippen MR) is 48.6 cm³/mol. The molecular formula is C10H13NO. The van der Waals surface area contributed by atoms with Crippen molar-refractivity contribution < 1.29 is 5.11 Å². The largest absolute Gasteiger partial charge is 0.381 e. The Morgan fingerprint density at radius 3 is 2.42 bits per heavy atom. The fraction of sp³-hybridized carbons (Fsp3) is 0.300. The summed E-state index contributed by atoms with van der Waals surface area (Å²) in [5, 5.41) is 9.94. The molecule has 1 unspecified atom stereocenters. The van der Waals surface area contributed by atoms with E-state index in [4.69, 9.17) is 0 Å². The van der Waals surface area contributed by atoms with Gasteiger partial charge in [-0.3, -0.25) is 4.98 Å². The van der Waals surface area contributed by atoms with E-state index in [0.717, 1.165) is 11.1 Å². The molecule has 12 heavy (non-hydrogen) atoms. The van der Waals surface area contributed by atoms with Gasteiger partial charge in [0.15, 0.2) is 0 Å². The molecule has 0 saturated carbocycles. The molecule has 0 radical (unpaired) electrons. The van der Waals surface area contributed by atoms with Crippen molar-refractivity contribution in [3.63, 3.8) is 0 Å². The first-order chi connectivity index (χ1) is 5.55. The van der Waals surface area contributed by atoms with E-state index in [1.807, 2.05) is 0 Å². The number of hydrogen-bond acceptors (Lipinski definition) is 2. The average Bonchev–Trinajstić information content (AvgIpc) is 2.06. The minimum atomic E-state index is -0.942. The Balaban J connectivity index is 3.06. The van der Waals surface area contributed by atoms with Crippen LogP contribution in [0.3, 0.4) is 0 Å². The molecule has 0 bridgehead atoms. The van der Waals surface area contributed by atoms with Crippen LogP contribution in [0, 0.1) is 0 Å². The van der Waals surface area contributed by atoms with E-state index < -0.39 is 5.60 Å². The monoisotopic (exact) mass is 163 g/mol. The first-order valence-corrected chi connectivity index (χ1v) is 3.84. The van der Waals surface area contributed by atoms with Gasteiger partial charge in [0, 0.05) is 12.4 Å². The number of aromatic nitrogens is 1. The summed E-state index contributed by atoms with van der Waals surface area (Å²) in [6, 6.07) is 3.57. The fourth-order valence-corrected chi connectivity index (χ4v) is 0.923. The van der Waals surface area contributed by atoms with Crippen molar-refractivity contribution in [3.05, 3.63) is 42.2 Å². The van der Waals surface area contributed by atoms with Gasteiger partial charge in [-0.2, -0.15) is 0 Å². The topological polar surface area (TPSA) is 33.1 Å². The maximum atomic E-state index is 9.94. The van der Waals surface area contributed by atoms with Crippen LogP contribution in [0.1, 0.15) is 19.4 Å². The zero-order valence-electron chi connectivity index (χ0n) is 7.41. The number of pyridine rings is 1. The summed E-state index contributed by atoms with van der Waals surface area (Å²) < 4.78 is 0. The summed E-state index contributed by atoms with van der Waals surface area (Å²) in [4.78, 5) is 3.88. The Labute approximate surface area is 72.6 Å². The Kier molecular flexibility index (Phi) is 2.29. The van der Waals surface area contributed by atoms with Gasteiger partial charge in [0.2, 0.25) is 0 Å². The summed E-state index contributed by atoms with van der Waals surface area (Å²) in [6.07, 6.45) is 3.32. The molecule has 1 rings (SSSR count). The van der Waals surface area contributed by atoms with Crippen LogP contribution in [-0.2, 0) is 5.60 Å². The van der Waals surface area contributed by atoms with E-state index >= 15 is 0 Å². The number of nitrogens with zero attached hydrogens (tertiary/aromatic N) is 1. The molecule has 1 N–H and O–H groups in total. The smallest absolute Gasteiger partial charge is 0.107 e. The second-order valence-corrected chi connectivity index (χ2v) is 3.09. The van der Waals surface area contributed by atoms with E-state index in [2.05, 4.69) is 11.6 Å². The van der Waals surface area contributed by atoms with Gasteiger partial charge in [0.25, 0.3) is 0 Å². The molecule has 0 aliphatic heterocycles. The molecule has 0 spiro atoms. The Bertz CT molecular complexity index is 277. The van der Waals surface area contributed by atoms with E-state index in [1.54, 1.807) is 38.4 Å². The maximum Gasteiger partial charge on any atom is 0.107 e. The third-order valence-corrected chi connectivity index (χ3v) is 2.07. The van der Waals surface area contributed by atoms with Crippen LogP contribution < -0.4 is 0 Å².